The molecule has 2 N–H and O–H groups in total. The molecule has 0 unspecified atom stereocenters. The largest absolute Gasteiger partial charge is 0.467 e. The molecule has 0 spiro atoms. The lowest BCUT2D eigenvalue weighted by Gasteiger charge is -2.33. The smallest absolute Gasteiger partial charge is 0.359 e. The normalized spacial score (nSPS) is 13.6. The van der Waals surface area contributed by atoms with Gasteiger partial charge in [-0.3, -0.25) is 4.90 Å². The molecule has 3 rings (SSSR count). The van der Waals surface area contributed by atoms with Crippen molar-refractivity contribution in [2.75, 3.05) is 27.3 Å². The maximum atomic E-state index is 11.9. The van der Waals surface area contributed by atoms with Crippen LogP contribution in [0.15, 0.2) is 84.9 Å². The number of aliphatic hydroxyl groups is 2. The molecule has 0 aliphatic rings. The fraction of sp³-hybridized carbons (Fsp3) is 0.333. The Hall–Kier alpha value is -3.72. The number of methoxy groups -OCH3 is 2. The minimum absolute atomic E-state index is 0.0311. The van der Waals surface area contributed by atoms with Gasteiger partial charge < -0.3 is 24.4 Å². The van der Waals surface area contributed by atoms with E-state index in [0.29, 0.717) is 25.3 Å². The third kappa shape index (κ3) is 8.14. The van der Waals surface area contributed by atoms with Gasteiger partial charge in [0.15, 0.2) is 0 Å². The summed E-state index contributed by atoms with van der Waals surface area (Å²) in [5, 5.41) is 21.8. The highest BCUT2D eigenvalue weighted by atomic mass is 16.6. The van der Waals surface area contributed by atoms with E-state index in [4.69, 9.17) is 4.74 Å². The Kier molecular flexibility index (Phi) is 10.8. The SMILES string of the molecule is COC(=O)C(Oc1ccc(C[C@@H](C)N(C[C@H](O)c2ccccc2)C[C@H](O)c2ccccc2)cc1)C(=O)OC. The molecule has 0 heterocycles. The highest BCUT2D eigenvalue weighted by Crippen LogP contribution is 2.22. The van der Waals surface area contributed by atoms with Crippen LogP contribution >= 0.6 is 0 Å². The van der Waals surface area contributed by atoms with Crippen molar-refractivity contribution in [3.05, 3.63) is 102 Å². The fourth-order valence-corrected chi connectivity index (χ4v) is 4.16. The van der Waals surface area contributed by atoms with Crippen LogP contribution in [-0.4, -0.2) is 66.5 Å². The summed E-state index contributed by atoms with van der Waals surface area (Å²) in [4.78, 5) is 25.9. The van der Waals surface area contributed by atoms with Gasteiger partial charge in [-0.15, -0.1) is 0 Å². The topological polar surface area (TPSA) is 106 Å². The van der Waals surface area contributed by atoms with Crippen molar-refractivity contribution in [1.29, 1.82) is 0 Å². The third-order valence-corrected chi connectivity index (χ3v) is 6.35. The van der Waals surface area contributed by atoms with E-state index in [-0.39, 0.29) is 6.04 Å². The lowest BCUT2D eigenvalue weighted by atomic mass is 10.0. The first-order valence-corrected chi connectivity index (χ1v) is 12.4. The number of hydrogen-bond donors (Lipinski definition) is 2. The predicted molar refractivity (Wildman–Crippen MR) is 142 cm³/mol. The molecule has 0 saturated carbocycles. The zero-order valence-electron chi connectivity index (χ0n) is 21.9. The van der Waals surface area contributed by atoms with E-state index < -0.39 is 30.3 Å². The summed E-state index contributed by atoms with van der Waals surface area (Å²) in [6.07, 6.45) is -2.32. The Morgan fingerprint density at radius 2 is 1.18 bits per heavy atom. The minimum Gasteiger partial charge on any atom is -0.467 e. The number of ether oxygens (including phenoxy) is 3. The standard InChI is InChI=1S/C30H35NO7/c1-21(18-22-14-16-25(17-15-22)38-28(29(34)36-2)30(35)37-3)31(19-26(32)23-10-6-4-7-11-23)20-27(33)24-12-8-5-9-13-24/h4-17,21,26-28,32-33H,18-20H2,1-3H3/t21-,26+,27+/m1/s1. The molecule has 0 aliphatic carbocycles. The van der Waals surface area contributed by atoms with Crippen LogP contribution in [0, 0.1) is 0 Å². The highest BCUT2D eigenvalue weighted by molar-refractivity contribution is 5.98. The molecule has 0 saturated heterocycles. The van der Waals surface area contributed by atoms with Gasteiger partial charge in [-0.2, -0.15) is 0 Å². The van der Waals surface area contributed by atoms with E-state index in [1.165, 1.54) is 14.2 Å². The molecule has 38 heavy (non-hydrogen) atoms. The monoisotopic (exact) mass is 521 g/mol. The van der Waals surface area contributed by atoms with E-state index in [9.17, 15) is 19.8 Å². The second-order valence-electron chi connectivity index (χ2n) is 9.05. The molecular weight excluding hydrogens is 486 g/mol. The van der Waals surface area contributed by atoms with Crippen LogP contribution in [-0.2, 0) is 25.5 Å². The van der Waals surface area contributed by atoms with Crippen LogP contribution in [0.5, 0.6) is 5.75 Å². The molecule has 8 heteroatoms. The summed E-state index contributed by atoms with van der Waals surface area (Å²) in [6.45, 7) is 2.73. The second-order valence-corrected chi connectivity index (χ2v) is 9.05. The molecule has 8 nitrogen and oxygen atoms in total. The van der Waals surface area contributed by atoms with Crippen molar-refractivity contribution in [3.63, 3.8) is 0 Å². The van der Waals surface area contributed by atoms with Gasteiger partial charge in [-0.1, -0.05) is 72.8 Å². The van der Waals surface area contributed by atoms with Crippen molar-refractivity contribution < 1.29 is 34.0 Å². The number of carbonyl (C=O) groups excluding carboxylic acids is 2. The first-order chi connectivity index (χ1) is 18.3. The Morgan fingerprint density at radius 1 is 0.737 bits per heavy atom. The number of benzene rings is 3. The number of aliphatic hydroxyl groups excluding tert-OH is 2. The van der Waals surface area contributed by atoms with Gasteiger partial charge >= 0.3 is 11.9 Å². The minimum atomic E-state index is -1.51. The molecule has 202 valence electrons. The first kappa shape index (κ1) is 28.8. The summed E-state index contributed by atoms with van der Waals surface area (Å²) in [7, 11) is 2.34. The van der Waals surface area contributed by atoms with Crippen molar-refractivity contribution in [1.82, 2.24) is 4.90 Å². The van der Waals surface area contributed by atoms with Crippen LogP contribution in [0.2, 0.25) is 0 Å². The number of nitrogens with zero attached hydrogens (tertiary/aromatic N) is 1. The van der Waals surface area contributed by atoms with E-state index in [2.05, 4.69) is 14.4 Å². The van der Waals surface area contributed by atoms with Crippen LogP contribution in [0.1, 0.15) is 35.8 Å². The highest BCUT2D eigenvalue weighted by Gasteiger charge is 2.31. The van der Waals surface area contributed by atoms with Crippen molar-refractivity contribution in [3.8, 4) is 5.75 Å². The summed E-state index contributed by atoms with van der Waals surface area (Å²) in [5.41, 5.74) is 2.60. The number of carbonyl (C=O) groups is 2. The fourth-order valence-electron chi connectivity index (χ4n) is 4.16. The van der Waals surface area contributed by atoms with Gasteiger partial charge in [0.1, 0.15) is 5.75 Å². The Balaban J connectivity index is 1.72. The van der Waals surface area contributed by atoms with Crippen LogP contribution in [0.25, 0.3) is 0 Å². The molecule has 0 aliphatic heterocycles. The molecule has 0 radical (unpaired) electrons. The Labute approximate surface area is 223 Å². The summed E-state index contributed by atoms with van der Waals surface area (Å²) >= 11 is 0. The molecule has 0 bridgehead atoms. The number of hydrogen-bond acceptors (Lipinski definition) is 8. The summed E-state index contributed by atoms with van der Waals surface area (Å²) in [5.74, 6) is -1.38. The van der Waals surface area contributed by atoms with Crippen molar-refractivity contribution in [2.24, 2.45) is 0 Å². The van der Waals surface area contributed by atoms with Gasteiger partial charge in [-0.05, 0) is 42.2 Å². The van der Waals surface area contributed by atoms with E-state index in [1.807, 2.05) is 79.7 Å². The van der Waals surface area contributed by atoms with Gasteiger partial charge in [-0.25, -0.2) is 9.59 Å². The number of esters is 2. The van der Waals surface area contributed by atoms with Crippen molar-refractivity contribution in [2.45, 2.75) is 37.7 Å². The predicted octanol–water partition coefficient (Wildman–Crippen LogP) is 3.48. The molecule has 0 amide bonds. The summed E-state index contributed by atoms with van der Waals surface area (Å²) < 4.78 is 14.8. The van der Waals surface area contributed by atoms with E-state index >= 15 is 0 Å². The Bertz CT molecular complexity index is 1070. The van der Waals surface area contributed by atoms with Crippen LogP contribution < -0.4 is 4.74 Å². The van der Waals surface area contributed by atoms with Crippen LogP contribution in [0.3, 0.4) is 0 Å². The quantitative estimate of drug-likeness (QED) is 0.260. The van der Waals surface area contributed by atoms with Crippen molar-refractivity contribution >= 4 is 11.9 Å². The number of rotatable bonds is 13. The average molecular weight is 522 g/mol. The molecule has 3 aromatic carbocycles. The van der Waals surface area contributed by atoms with Gasteiger partial charge in [0.25, 0.3) is 6.10 Å². The molecule has 0 aromatic heterocycles. The molecule has 0 fully saturated rings. The van der Waals surface area contributed by atoms with Gasteiger partial charge in [0.05, 0.1) is 26.4 Å². The zero-order valence-corrected chi connectivity index (χ0v) is 21.9. The van der Waals surface area contributed by atoms with E-state index in [1.54, 1.807) is 12.1 Å². The maximum Gasteiger partial charge on any atom is 0.359 e. The molecular formula is C30H35NO7. The summed E-state index contributed by atoms with van der Waals surface area (Å²) in [6, 6.07) is 25.9. The molecule has 3 atom stereocenters. The van der Waals surface area contributed by atoms with Crippen LogP contribution in [0.4, 0.5) is 0 Å². The van der Waals surface area contributed by atoms with Gasteiger partial charge in [0.2, 0.25) is 0 Å². The lowest BCUT2D eigenvalue weighted by Crippen LogP contribution is -2.40. The Morgan fingerprint density at radius 3 is 1.61 bits per heavy atom. The van der Waals surface area contributed by atoms with Gasteiger partial charge in [0, 0.05) is 19.1 Å². The zero-order chi connectivity index (χ0) is 27.5. The van der Waals surface area contributed by atoms with E-state index in [0.717, 1.165) is 16.7 Å². The lowest BCUT2D eigenvalue weighted by molar-refractivity contribution is -0.163. The second kappa shape index (κ2) is 14.3. The maximum absolute atomic E-state index is 11.9. The molecule has 3 aromatic rings. The average Bonchev–Trinajstić information content (AvgIpc) is 2.96. The first-order valence-electron chi connectivity index (χ1n) is 12.4. The third-order valence-electron chi connectivity index (χ3n) is 6.35.